The van der Waals surface area contributed by atoms with Gasteiger partial charge in [-0.1, -0.05) is 26.0 Å². The molecule has 14 heavy (non-hydrogen) atoms. The van der Waals surface area contributed by atoms with E-state index in [0.717, 1.165) is 5.57 Å². The van der Waals surface area contributed by atoms with Crippen LogP contribution in [0, 0.1) is 16.7 Å². The Kier molecular flexibility index (Phi) is 4.93. The quantitative estimate of drug-likeness (QED) is 0.681. The van der Waals surface area contributed by atoms with Crippen LogP contribution in [0.15, 0.2) is 12.2 Å². The highest BCUT2D eigenvalue weighted by molar-refractivity contribution is 5.85. The fraction of sp³-hybridized carbons (Fsp3) is 0.636. The van der Waals surface area contributed by atoms with Gasteiger partial charge >= 0.3 is 0 Å². The fourth-order valence-corrected chi connectivity index (χ4v) is 1.18. The molecule has 0 aromatic rings. The maximum atomic E-state index is 11.7. The summed E-state index contributed by atoms with van der Waals surface area (Å²) in [6.07, 6.45) is 1.09. The smallest absolute Gasteiger partial charge is 0.240 e. The zero-order valence-electron chi connectivity index (χ0n) is 9.18. The van der Waals surface area contributed by atoms with Gasteiger partial charge in [0.05, 0.1) is 6.07 Å². The minimum atomic E-state index is -0.866. The Morgan fingerprint density at radius 2 is 2.00 bits per heavy atom. The molecule has 0 fully saturated rings. The molecule has 0 unspecified atom stereocenters. The lowest BCUT2D eigenvalue weighted by Crippen LogP contribution is -2.39. The Hall–Kier alpha value is -1.30. The minimum absolute atomic E-state index is 0.187. The molecule has 3 heteroatoms. The number of hydrogen-bond acceptors (Lipinski definition) is 2. The van der Waals surface area contributed by atoms with E-state index in [4.69, 9.17) is 5.26 Å². The van der Waals surface area contributed by atoms with Crippen LogP contribution in [-0.4, -0.2) is 12.5 Å². The van der Waals surface area contributed by atoms with Crippen LogP contribution < -0.4 is 5.32 Å². The molecule has 0 spiro atoms. The predicted octanol–water partition coefficient (Wildman–Crippen LogP) is 2.01. The van der Waals surface area contributed by atoms with Crippen LogP contribution >= 0.6 is 0 Å². The zero-order chi connectivity index (χ0) is 11.2. The normalized spacial score (nSPS) is 10.4. The Balaban J connectivity index is 4.47. The van der Waals surface area contributed by atoms with Gasteiger partial charge in [-0.15, -0.1) is 0 Å². The summed E-state index contributed by atoms with van der Waals surface area (Å²) in [5, 5.41) is 11.7. The van der Waals surface area contributed by atoms with Gasteiger partial charge in [-0.3, -0.25) is 4.79 Å². The van der Waals surface area contributed by atoms with E-state index in [0.29, 0.717) is 19.4 Å². The summed E-state index contributed by atoms with van der Waals surface area (Å²) in [7, 11) is 0. The third-order valence-corrected chi connectivity index (χ3v) is 2.41. The maximum Gasteiger partial charge on any atom is 0.240 e. The first-order valence-corrected chi connectivity index (χ1v) is 4.86. The van der Waals surface area contributed by atoms with Crippen LogP contribution in [-0.2, 0) is 4.79 Å². The van der Waals surface area contributed by atoms with Crippen molar-refractivity contribution < 1.29 is 4.79 Å². The minimum Gasteiger partial charge on any atom is -0.351 e. The van der Waals surface area contributed by atoms with E-state index in [1.807, 2.05) is 20.8 Å². The molecule has 3 nitrogen and oxygen atoms in total. The summed E-state index contributed by atoms with van der Waals surface area (Å²) in [6, 6.07) is 2.10. The predicted molar refractivity (Wildman–Crippen MR) is 56.5 cm³/mol. The third kappa shape index (κ3) is 2.88. The topological polar surface area (TPSA) is 52.9 Å². The van der Waals surface area contributed by atoms with Crippen molar-refractivity contribution >= 4 is 5.91 Å². The zero-order valence-corrected chi connectivity index (χ0v) is 9.18. The summed E-state index contributed by atoms with van der Waals surface area (Å²) in [4.78, 5) is 11.7. The molecule has 0 aromatic heterocycles. The molecule has 0 aliphatic heterocycles. The van der Waals surface area contributed by atoms with E-state index < -0.39 is 5.41 Å². The van der Waals surface area contributed by atoms with E-state index in [1.54, 1.807) is 0 Å². The van der Waals surface area contributed by atoms with Gasteiger partial charge in [0.1, 0.15) is 5.41 Å². The fourth-order valence-electron chi connectivity index (χ4n) is 1.18. The summed E-state index contributed by atoms with van der Waals surface area (Å²) < 4.78 is 0. The number of carbonyl (C=O) groups is 1. The van der Waals surface area contributed by atoms with Crippen LogP contribution in [0.5, 0.6) is 0 Å². The van der Waals surface area contributed by atoms with Crippen molar-refractivity contribution in [2.45, 2.75) is 33.6 Å². The first-order valence-electron chi connectivity index (χ1n) is 4.86. The van der Waals surface area contributed by atoms with Gasteiger partial charge in [-0.2, -0.15) is 5.26 Å². The number of nitrogens with one attached hydrogen (secondary N) is 1. The molecule has 0 bridgehead atoms. The van der Waals surface area contributed by atoms with Crippen molar-refractivity contribution in [2.75, 3.05) is 6.54 Å². The molecule has 0 heterocycles. The summed E-state index contributed by atoms with van der Waals surface area (Å²) in [5.74, 6) is -0.187. The number of nitrogens with zero attached hydrogens (tertiary/aromatic N) is 1. The van der Waals surface area contributed by atoms with Crippen molar-refractivity contribution in [1.29, 1.82) is 5.26 Å². The number of hydrogen-bond donors (Lipinski definition) is 1. The first kappa shape index (κ1) is 12.7. The van der Waals surface area contributed by atoms with Crippen LogP contribution in [0.3, 0.4) is 0 Å². The molecule has 1 amide bonds. The van der Waals surface area contributed by atoms with Crippen LogP contribution in [0.25, 0.3) is 0 Å². The van der Waals surface area contributed by atoms with Gasteiger partial charge in [-0.05, 0) is 19.8 Å². The maximum absolute atomic E-state index is 11.7. The molecule has 0 aromatic carbocycles. The molecule has 0 aliphatic rings. The van der Waals surface area contributed by atoms with Gasteiger partial charge in [-0.25, -0.2) is 0 Å². The SMILES string of the molecule is C=C(C)CNC(=O)C(C#N)(CC)CC. The molecule has 78 valence electrons. The van der Waals surface area contributed by atoms with Crippen LogP contribution in [0.4, 0.5) is 0 Å². The summed E-state index contributed by atoms with van der Waals surface area (Å²) in [6.45, 7) is 9.68. The van der Waals surface area contributed by atoms with E-state index in [9.17, 15) is 4.79 Å². The summed E-state index contributed by atoms with van der Waals surface area (Å²) in [5.41, 5.74) is 0.0209. The lowest BCUT2D eigenvalue weighted by molar-refractivity contribution is -0.128. The number of carbonyl (C=O) groups excluding carboxylic acids is 1. The standard InChI is InChI=1S/C11H18N2O/c1-5-11(6-2,8-12)10(14)13-7-9(3)4/h3,5-7H2,1-2,4H3,(H,13,14). The lowest BCUT2D eigenvalue weighted by Gasteiger charge is -2.22. The molecule has 0 aliphatic carbocycles. The molecule has 0 atom stereocenters. The number of rotatable bonds is 5. The Bertz CT molecular complexity index is 259. The van der Waals surface area contributed by atoms with Crippen molar-refractivity contribution in [3.63, 3.8) is 0 Å². The van der Waals surface area contributed by atoms with Gasteiger partial charge in [0.2, 0.25) is 5.91 Å². The average Bonchev–Trinajstić information content (AvgIpc) is 2.18. The van der Waals surface area contributed by atoms with Crippen molar-refractivity contribution in [3.8, 4) is 6.07 Å². The average molecular weight is 194 g/mol. The highest BCUT2D eigenvalue weighted by Gasteiger charge is 2.34. The van der Waals surface area contributed by atoms with Gasteiger partial charge < -0.3 is 5.32 Å². The van der Waals surface area contributed by atoms with Gasteiger partial charge in [0.25, 0.3) is 0 Å². The van der Waals surface area contributed by atoms with E-state index in [1.165, 1.54) is 0 Å². The second-order valence-electron chi connectivity index (χ2n) is 3.54. The van der Waals surface area contributed by atoms with Crippen molar-refractivity contribution in [1.82, 2.24) is 5.32 Å². The lowest BCUT2D eigenvalue weighted by atomic mass is 9.83. The van der Waals surface area contributed by atoms with Gasteiger partial charge in [0, 0.05) is 6.54 Å². The summed E-state index contributed by atoms with van der Waals surface area (Å²) >= 11 is 0. The van der Waals surface area contributed by atoms with Gasteiger partial charge in [0.15, 0.2) is 0 Å². The third-order valence-electron chi connectivity index (χ3n) is 2.41. The van der Waals surface area contributed by atoms with Crippen LogP contribution in [0.2, 0.25) is 0 Å². The van der Waals surface area contributed by atoms with Crippen molar-refractivity contribution in [3.05, 3.63) is 12.2 Å². The highest BCUT2D eigenvalue weighted by atomic mass is 16.2. The molecule has 0 saturated carbocycles. The Morgan fingerprint density at radius 3 is 2.29 bits per heavy atom. The molecule has 1 N–H and O–H groups in total. The largest absolute Gasteiger partial charge is 0.351 e. The van der Waals surface area contributed by atoms with Crippen LogP contribution in [0.1, 0.15) is 33.6 Å². The highest BCUT2D eigenvalue weighted by Crippen LogP contribution is 2.25. The number of amides is 1. The second kappa shape index (κ2) is 5.43. The first-order chi connectivity index (χ1) is 6.52. The molecular weight excluding hydrogens is 176 g/mol. The Morgan fingerprint density at radius 1 is 1.50 bits per heavy atom. The molecule has 0 saturated heterocycles. The number of nitriles is 1. The Labute approximate surface area is 85.8 Å². The van der Waals surface area contributed by atoms with Crippen molar-refractivity contribution in [2.24, 2.45) is 5.41 Å². The second-order valence-corrected chi connectivity index (χ2v) is 3.54. The molecule has 0 radical (unpaired) electrons. The monoisotopic (exact) mass is 194 g/mol. The van der Waals surface area contributed by atoms with E-state index >= 15 is 0 Å². The van der Waals surface area contributed by atoms with E-state index in [2.05, 4.69) is 18.0 Å². The van der Waals surface area contributed by atoms with E-state index in [-0.39, 0.29) is 5.91 Å². The molecule has 0 rings (SSSR count). The molecular formula is C11H18N2O.